The average Bonchev–Trinajstić information content (AvgIpc) is 2.80. The number of nitrogens with one attached hydrogen (secondary N) is 1. The number of hydrogen-bond donors (Lipinski definition) is 1. The zero-order valence-electron chi connectivity index (χ0n) is 17.4. The van der Waals surface area contributed by atoms with Crippen molar-refractivity contribution >= 4 is 17.4 Å². The van der Waals surface area contributed by atoms with Gasteiger partial charge in [-0.05, 0) is 61.2 Å². The molecule has 1 fully saturated rings. The van der Waals surface area contributed by atoms with Gasteiger partial charge in [0.15, 0.2) is 0 Å². The quantitative estimate of drug-likeness (QED) is 0.682. The Morgan fingerprint density at radius 2 is 1.90 bits per heavy atom. The summed E-state index contributed by atoms with van der Waals surface area (Å²) >= 11 is 0. The van der Waals surface area contributed by atoms with Crippen LogP contribution in [0.25, 0.3) is 5.69 Å². The van der Waals surface area contributed by atoms with Gasteiger partial charge in [-0.15, -0.1) is 5.10 Å². The third-order valence-electron chi connectivity index (χ3n) is 5.63. The minimum atomic E-state index is -0.373. The fourth-order valence-corrected chi connectivity index (χ4v) is 3.92. The Morgan fingerprint density at radius 3 is 2.68 bits per heavy atom. The van der Waals surface area contributed by atoms with Crippen LogP contribution in [0.15, 0.2) is 65.5 Å². The number of aryl methyl sites for hydroxylation is 1. The van der Waals surface area contributed by atoms with Gasteiger partial charge in [0.1, 0.15) is 11.6 Å². The summed E-state index contributed by atoms with van der Waals surface area (Å²) in [7, 11) is 0. The Kier molecular flexibility index (Phi) is 6.11. The topological polar surface area (TPSA) is 67.2 Å². The Labute approximate surface area is 180 Å². The summed E-state index contributed by atoms with van der Waals surface area (Å²) in [6, 6.07) is 16.6. The van der Waals surface area contributed by atoms with Crippen molar-refractivity contribution in [2.24, 2.45) is 5.92 Å². The molecule has 1 aliphatic heterocycles. The first-order valence-electron chi connectivity index (χ1n) is 10.5. The molecular weight excluding hydrogens is 395 g/mol. The van der Waals surface area contributed by atoms with Crippen LogP contribution in [0.2, 0.25) is 0 Å². The highest BCUT2D eigenvalue weighted by molar-refractivity contribution is 5.93. The monoisotopic (exact) mass is 420 g/mol. The first-order valence-corrected chi connectivity index (χ1v) is 10.5. The van der Waals surface area contributed by atoms with Crippen LogP contribution in [0.4, 0.5) is 15.9 Å². The van der Waals surface area contributed by atoms with Gasteiger partial charge in [-0.2, -0.15) is 4.68 Å². The maximum Gasteiger partial charge on any atom is 0.271 e. The number of nitrogens with zero attached hydrogens (tertiary/aromatic N) is 3. The van der Waals surface area contributed by atoms with Crippen molar-refractivity contribution in [3.8, 4) is 5.69 Å². The molecule has 7 heteroatoms. The average molecular weight is 420 g/mol. The van der Waals surface area contributed by atoms with E-state index < -0.39 is 0 Å². The molecule has 1 atom stereocenters. The number of amides is 1. The van der Waals surface area contributed by atoms with E-state index in [-0.39, 0.29) is 23.2 Å². The van der Waals surface area contributed by atoms with Crippen LogP contribution < -0.4 is 15.8 Å². The summed E-state index contributed by atoms with van der Waals surface area (Å²) in [5.74, 6) is 0.0713. The summed E-state index contributed by atoms with van der Waals surface area (Å²) in [6.07, 6.45) is 2.50. The Morgan fingerprint density at radius 1 is 1.13 bits per heavy atom. The number of benzene rings is 2. The second kappa shape index (κ2) is 9.12. The molecule has 0 spiro atoms. The van der Waals surface area contributed by atoms with Gasteiger partial charge in [0, 0.05) is 24.8 Å². The molecule has 1 unspecified atom stereocenters. The van der Waals surface area contributed by atoms with Crippen LogP contribution in [-0.4, -0.2) is 28.8 Å². The van der Waals surface area contributed by atoms with Crippen molar-refractivity contribution in [3.05, 3.63) is 82.4 Å². The van der Waals surface area contributed by atoms with E-state index in [0.717, 1.165) is 37.1 Å². The lowest BCUT2D eigenvalue weighted by molar-refractivity contribution is -0.120. The van der Waals surface area contributed by atoms with Crippen molar-refractivity contribution in [2.45, 2.75) is 26.2 Å². The Bertz CT molecular complexity index is 1130. The molecule has 31 heavy (non-hydrogen) atoms. The molecule has 6 nitrogen and oxygen atoms in total. The first-order chi connectivity index (χ1) is 15.0. The normalized spacial score (nSPS) is 16.2. The van der Waals surface area contributed by atoms with Crippen molar-refractivity contribution < 1.29 is 9.18 Å². The van der Waals surface area contributed by atoms with Crippen LogP contribution in [0, 0.1) is 11.7 Å². The summed E-state index contributed by atoms with van der Waals surface area (Å²) in [4.78, 5) is 27.3. The number of anilines is 2. The predicted octanol–water partition coefficient (Wildman–Crippen LogP) is 3.79. The highest BCUT2D eigenvalue weighted by Crippen LogP contribution is 2.24. The van der Waals surface area contributed by atoms with Crippen molar-refractivity contribution in [2.75, 3.05) is 23.3 Å². The van der Waals surface area contributed by atoms with E-state index in [1.807, 2.05) is 29.2 Å². The van der Waals surface area contributed by atoms with Gasteiger partial charge >= 0.3 is 0 Å². The second-order valence-corrected chi connectivity index (χ2v) is 7.70. The molecule has 1 aromatic heterocycles. The maximum absolute atomic E-state index is 13.2. The molecular formula is C24H25FN4O2. The van der Waals surface area contributed by atoms with E-state index in [2.05, 4.69) is 17.3 Å². The number of halogens is 1. The second-order valence-electron chi connectivity index (χ2n) is 7.70. The van der Waals surface area contributed by atoms with E-state index in [0.29, 0.717) is 18.1 Å². The van der Waals surface area contributed by atoms with Gasteiger partial charge in [-0.1, -0.05) is 25.1 Å². The molecule has 3 aromatic rings. The largest absolute Gasteiger partial charge is 0.354 e. The summed E-state index contributed by atoms with van der Waals surface area (Å²) < 4.78 is 14.5. The van der Waals surface area contributed by atoms with Gasteiger partial charge < -0.3 is 10.2 Å². The molecule has 1 N–H and O–H groups in total. The van der Waals surface area contributed by atoms with Gasteiger partial charge in [-0.3, -0.25) is 9.59 Å². The van der Waals surface area contributed by atoms with E-state index >= 15 is 0 Å². The smallest absolute Gasteiger partial charge is 0.271 e. The number of hydrogen-bond acceptors (Lipinski definition) is 4. The first kappa shape index (κ1) is 20.8. The van der Waals surface area contributed by atoms with E-state index in [1.54, 1.807) is 6.07 Å². The van der Waals surface area contributed by atoms with Crippen molar-refractivity contribution in [1.82, 2.24) is 9.78 Å². The third kappa shape index (κ3) is 4.66. The molecule has 0 aliphatic carbocycles. The predicted molar refractivity (Wildman–Crippen MR) is 119 cm³/mol. The number of aromatic nitrogens is 2. The standard InChI is InChI=1S/C24H25FN4O2/c1-2-17-6-3-4-8-21(17)26-24(31)18-7-5-15-28(16-18)22-13-14-23(30)29(27-22)20-11-9-19(25)10-12-20/h3-4,6,8-14,18H,2,5,7,15-16H2,1H3,(H,26,31). The summed E-state index contributed by atoms with van der Waals surface area (Å²) in [6.45, 7) is 3.34. The zero-order valence-corrected chi connectivity index (χ0v) is 17.4. The lowest BCUT2D eigenvalue weighted by atomic mass is 9.96. The van der Waals surface area contributed by atoms with Crippen LogP contribution in [0.3, 0.4) is 0 Å². The van der Waals surface area contributed by atoms with E-state index in [1.165, 1.54) is 35.0 Å². The fraction of sp³-hybridized carbons (Fsp3) is 0.292. The third-order valence-corrected chi connectivity index (χ3v) is 5.63. The number of carbonyl (C=O) groups is 1. The zero-order chi connectivity index (χ0) is 21.8. The van der Waals surface area contributed by atoms with Crippen LogP contribution >= 0.6 is 0 Å². The number of piperidine rings is 1. The summed E-state index contributed by atoms with van der Waals surface area (Å²) in [5.41, 5.74) is 2.17. The van der Waals surface area contributed by atoms with Gasteiger partial charge in [0.05, 0.1) is 11.6 Å². The van der Waals surface area contributed by atoms with E-state index in [4.69, 9.17) is 0 Å². The number of rotatable bonds is 5. The van der Waals surface area contributed by atoms with Gasteiger partial charge in [0.2, 0.25) is 5.91 Å². The molecule has 4 rings (SSSR count). The minimum Gasteiger partial charge on any atom is -0.354 e. The molecule has 1 amide bonds. The fourth-order valence-electron chi connectivity index (χ4n) is 3.92. The SMILES string of the molecule is CCc1ccccc1NC(=O)C1CCCN(c2ccc(=O)n(-c3ccc(F)cc3)n2)C1. The molecule has 0 saturated carbocycles. The van der Waals surface area contributed by atoms with Crippen molar-refractivity contribution in [1.29, 1.82) is 0 Å². The van der Waals surface area contributed by atoms with Gasteiger partial charge in [0.25, 0.3) is 5.56 Å². The lowest BCUT2D eigenvalue weighted by Crippen LogP contribution is -2.42. The highest BCUT2D eigenvalue weighted by atomic mass is 19.1. The van der Waals surface area contributed by atoms with Crippen LogP contribution in [0.5, 0.6) is 0 Å². The molecule has 0 bridgehead atoms. The molecule has 0 radical (unpaired) electrons. The van der Waals surface area contributed by atoms with Crippen molar-refractivity contribution in [3.63, 3.8) is 0 Å². The molecule has 1 aliphatic rings. The molecule has 2 aromatic carbocycles. The Hall–Kier alpha value is -3.48. The molecule has 1 saturated heterocycles. The maximum atomic E-state index is 13.2. The van der Waals surface area contributed by atoms with Gasteiger partial charge in [-0.25, -0.2) is 4.39 Å². The summed E-state index contributed by atoms with van der Waals surface area (Å²) in [5, 5.41) is 7.56. The highest BCUT2D eigenvalue weighted by Gasteiger charge is 2.27. The lowest BCUT2D eigenvalue weighted by Gasteiger charge is -2.33. The van der Waals surface area contributed by atoms with Crippen LogP contribution in [0.1, 0.15) is 25.3 Å². The minimum absolute atomic E-state index is 0.00236. The van der Waals surface area contributed by atoms with Crippen LogP contribution in [-0.2, 0) is 11.2 Å². The molecule has 2 heterocycles. The number of para-hydroxylation sites is 1. The molecule has 160 valence electrons. The number of carbonyl (C=O) groups excluding carboxylic acids is 1. The van der Waals surface area contributed by atoms with E-state index in [9.17, 15) is 14.0 Å². The Balaban J connectivity index is 1.52.